The number of carbonyl (C=O) groups excluding carboxylic acids is 1. The van der Waals surface area contributed by atoms with Crippen molar-refractivity contribution in [3.8, 4) is 0 Å². The van der Waals surface area contributed by atoms with E-state index in [2.05, 4.69) is 55.9 Å². The molecule has 1 aliphatic heterocycles. The third-order valence-electron chi connectivity index (χ3n) is 6.07. The molecule has 8 nitrogen and oxygen atoms in total. The van der Waals surface area contributed by atoms with Crippen molar-refractivity contribution in [3.05, 3.63) is 58.4 Å². The van der Waals surface area contributed by atoms with E-state index >= 15 is 0 Å². The molecule has 0 spiro atoms. The van der Waals surface area contributed by atoms with Crippen LogP contribution in [0.1, 0.15) is 44.0 Å². The van der Waals surface area contributed by atoms with E-state index in [0.29, 0.717) is 17.7 Å². The molecule has 3 heterocycles. The summed E-state index contributed by atoms with van der Waals surface area (Å²) in [6.45, 7) is 6.30. The Bertz CT molecular complexity index is 1100. The largest absolute Gasteiger partial charge is 0.354 e. The quantitative estimate of drug-likeness (QED) is 0.521. The molecule has 1 amide bonds. The zero-order chi connectivity index (χ0) is 22.3. The summed E-state index contributed by atoms with van der Waals surface area (Å²) in [6.07, 6.45) is 6.53. The molecule has 0 fully saturated rings. The maximum Gasteiger partial charge on any atom is 0.282 e. The molecule has 1 aliphatic rings. The SMILES string of the molecule is CCN(CCCNC(=O)Cn1cnc2c(nc3n2CCCCC3)c1=O)Cc1ccccc1. The first kappa shape index (κ1) is 22.2. The number of nitrogens with zero attached hydrogens (tertiary/aromatic N) is 5. The molecule has 0 atom stereocenters. The van der Waals surface area contributed by atoms with Crippen molar-refractivity contribution >= 4 is 17.1 Å². The molecule has 32 heavy (non-hydrogen) atoms. The maximum atomic E-state index is 12.9. The second kappa shape index (κ2) is 10.5. The van der Waals surface area contributed by atoms with Gasteiger partial charge in [-0.2, -0.15) is 0 Å². The highest BCUT2D eigenvalue weighted by Crippen LogP contribution is 2.18. The van der Waals surface area contributed by atoms with Crippen LogP contribution < -0.4 is 10.9 Å². The number of benzene rings is 1. The number of fused-ring (bicyclic) bond motifs is 3. The molecule has 0 aliphatic carbocycles. The number of rotatable bonds is 9. The average molecular weight is 437 g/mol. The molecule has 1 N–H and O–H groups in total. The molecule has 0 saturated heterocycles. The zero-order valence-electron chi connectivity index (χ0n) is 18.8. The number of aryl methyl sites for hydroxylation is 2. The molecule has 2 aromatic heterocycles. The Labute approximate surface area is 188 Å². The Balaban J connectivity index is 1.29. The lowest BCUT2D eigenvalue weighted by molar-refractivity contribution is -0.121. The molecular weight excluding hydrogens is 404 g/mol. The van der Waals surface area contributed by atoms with Gasteiger partial charge in [0.2, 0.25) is 5.91 Å². The van der Waals surface area contributed by atoms with Gasteiger partial charge in [0.15, 0.2) is 11.2 Å². The van der Waals surface area contributed by atoms with E-state index in [4.69, 9.17) is 0 Å². The fourth-order valence-corrected chi connectivity index (χ4v) is 4.28. The van der Waals surface area contributed by atoms with Gasteiger partial charge < -0.3 is 9.88 Å². The predicted molar refractivity (Wildman–Crippen MR) is 124 cm³/mol. The standard InChI is InChI=1S/C24H32N6O2/c1-2-28(16-19-10-5-3-6-11-19)14-9-13-25-21(31)17-29-18-26-23-22(24(29)32)27-20-12-7-4-8-15-30(20)23/h3,5-6,10-11,18H,2,4,7-9,12-17H2,1H3,(H,25,31). The van der Waals surface area contributed by atoms with Gasteiger partial charge in [-0.1, -0.05) is 43.7 Å². The second-order valence-corrected chi connectivity index (χ2v) is 8.40. The van der Waals surface area contributed by atoms with E-state index in [9.17, 15) is 9.59 Å². The summed E-state index contributed by atoms with van der Waals surface area (Å²) in [5.74, 6) is 0.750. The minimum atomic E-state index is -0.245. The van der Waals surface area contributed by atoms with Gasteiger partial charge in [0.1, 0.15) is 18.7 Å². The number of nitrogens with one attached hydrogen (secondary N) is 1. The summed E-state index contributed by atoms with van der Waals surface area (Å²) >= 11 is 0. The minimum absolute atomic E-state index is 0.0362. The highest BCUT2D eigenvalue weighted by Gasteiger charge is 2.18. The van der Waals surface area contributed by atoms with Crippen LogP contribution in [0.15, 0.2) is 41.5 Å². The van der Waals surface area contributed by atoms with Crippen LogP contribution in [0.3, 0.4) is 0 Å². The van der Waals surface area contributed by atoms with E-state index in [1.807, 2.05) is 6.07 Å². The van der Waals surface area contributed by atoms with Crippen molar-refractivity contribution in [2.75, 3.05) is 19.6 Å². The maximum absolute atomic E-state index is 12.9. The highest BCUT2D eigenvalue weighted by molar-refractivity contribution is 5.76. The van der Waals surface area contributed by atoms with Crippen molar-refractivity contribution in [3.63, 3.8) is 0 Å². The van der Waals surface area contributed by atoms with E-state index in [-0.39, 0.29) is 18.0 Å². The lowest BCUT2D eigenvalue weighted by Gasteiger charge is -2.20. The van der Waals surface area contributed by atoms with Crippen LogP contribution >= 0.6 is 0 Å². The third-order valence-corrected chi connectivity index (χ3v) is 6.07. The Hall–Kier alpha value is -3.00. The molecule has 4 rings (SSSR count). The lowest BCUT2D eigenvalue weighted by Crippen LogP contribution is -2.34. The topological polar surface area (TPSA) is 85.1 Å². The first-order valence-electron chi connectivity index (χ1n) is 11.6. The smallest absolute Gasteiger partial charge is 0.282 e. The number of aromatic nitrogens is 4. The fourth-order valence-electron chi connectivity index (χ4n) is 4.28. The van der Waals surface area contributed by atoms with Gasteiger partial charge in [-0.3, -0.25) is 19.1 Å². The predicted octanol–water partition coefficient (Wildman–Crippen LogP) is 2.35. The minimum Gasteiger partial charge on any atom is -0.354 e. The Morgan fingerprint density at radius 2 is 2.03 bits per heavy atom. The number of imidazole rings is 1. The van der Waals surface area contributed by atoms with Crippen LogP contribution in [0.5, 0.6) is 0 Å². The molecule has 0 saturated carbocycles. The molecule has 8 heteroatoms. The Morgan fingerprint density at radius 1 is 1.19 bits per heavy atom. The van der Waals surface area contributed by atoms with Crippen molar-refractivity contribution in [1.82, 2.24) is 29.3 Å². The van der Waals surface area contributed by atoms with Crippen LogP contribution in [-0.4, -0.2) is 49.5 Å². The summed E-state index contributed by atoms with van der Waals surface area (Å²) in [5, 5.41) is 2.93. The van der Waals surface area contributed by atoms with Gasteiger partial charge in [0, 0.05) is 32.6 Å². The summed E-state index contributed by atoms with van der Waals surface area (Å²) in [4.78, 5) is 36.6. The van der Waals surface area contributed by atoms with Gasteiger partial charge in [0.25, 0.3) is 5.56 Å². The van der Waals surface area contributed by atoms with Gasteiger partial charge in [-0.15, -0.1) is 0 Å². The number of hydrogen-bond acceptors (Lipinski definition) is 5. The van der Waals surface area contributed by atoms with Crippen LogP contribution in [0.4, 0.5) is 0 Å². The Morgan fingerprint density at radius 3 is 2.84 bits per heavy atom. The molecule has 0 unspecified atom stereocenters. The second-order valence-electron chi connectivity index (χ2n) is 8.40. The van der Waals surface area contributed by atoms with Gasteiger partial charge in [0.05, 0.1) is 0 Å². The summed E-state index contributed by atoms with van der Waals surface area (Å²) in [5.41, 5.74) is 2.06. The first-order chi connectivity index (χ1) is 15.7. The van der Waals surface area contributed by atoms with E-state index in [1.54, 1.807) is 0 Å². The molecule has 1 aromatic carbocycles. The molecule has 3 aromatic rings. The van der Waals surface area contributed by atoms with E-state index in [1.165, 1.54) is 22.9 Å². The molecule has 170 valence electrons. The monoisotopic (exact) mass is 436 g/mol. The van der Waals surface area contributed by atoms with Gasteiger partial charge in [-0.25, -0.2) is 9.97 Å². The lowest BCUT2D eigenvalue weighted by atomic mass is 10.2. The summed E-state index contributed by atoms with van der Waals surface area (Å²) in [6, 6.07) is 10.4. The van der Waals surface area contributed by atoms with Crippen molar-refractivity contribution in [2.45, 2.75) is 58.7 Å². The van der Waals surface area contributed by atoms with Crippen molar-refractivity contribution in [2.24, 2.45) is 0 Å². The molecular formula is C24H32N6O2. The average Bonchev–Trinajstić information content (AvgIpc) is 3.00. The van der Waals surface area contributed by atoms with Crippen molar-refractivity contribution < 1.29 is 4.79 Å². The highest BCUT2D eigenvalue weighted by atomic mass is 16.2. The number of hydrogen-bond donors (Lipinski definition) is 1. The van der Waals surface area contributed by atoms with Crippen LogP contribution in [0.2, 0.25) is 0 Å². The van der Waals surface area contributed by atoms with Crippen LogP contribution in [0, 0.1) is 0 Å². The summed E-state index contributed by atoms with van der Waals surface area (Å²) < 4.78 is 3.42. The van der Waals surface area contributed by atoms with E-state index in [0.717, 1.165) is 57.7 Å². The fraction of sp³-hybridized carbons (Fsp3) is 0.500. The Kier molecular flexibility index (Phi) is 7.32. The summed E-state index contributed by atoms with van der Waals surface area (Å²) in [7, 11) is 0. The van der Waals surface area contributed by atoms with Crippen molar-refractivity contribution in [1.29, 1.82) is 0 Å². The number of carbonyl (C=O) groups is 1. The van der Waals surface area contributed by atoms with Crippen LogP contribution in [-0.2, 0) is 30.8 Å². The first-order valence-corrected chi connectivity index (χ1v) is 11.6. The zero-order valence-corrected chi connectivity index (χ0v) is 18.8. The normalized spacial score (nSPS) is 13.8. The third kappa shape index (κ3) is 5.24. The molecule has 0 bridgehead atoms. The molecule has 0 radical (unpaired) electrons. The van der Waals surface area contributed by atoms with Gasteiger partial charge >= 0.3 is 0 Å². The van der Waals surface area contributed by atoms with E-state index < -0.39 is 0 Å². The van der Waals surface area contributed by atoms with Crippen LogP contribution in [0.25, 0.3) is 11.2 Å². The van der Waals surface area contributed by atoms with Gasteiger partial charge in [-0.05, 0) is 31.4 Å². The number of amides is 1.